The predicted octanol–water partition coefficient (Wildman–Crippen LogP) is 1.23. The molecule has 0 aliphatic carbocycles. The molecule has 102 valence electrons. The minimum atomic E-state index is -0.918. The number of fused-ring (bicyclic) bond motifs is 1. The van der Waals surface area contributed by atoms with Gasteiger partial charge in [-0.15, -0.1) is 0 Å². The minimum absolute atomic E-state index is 0.0860. The Bertz CT molecular complexity index is 511. The molecule has 0 saturated carbocycles. The highest BCUT2D eigenvalue weighted by Gasteiger charge is 2.21. The highest BCUT2D eigenvalue weighted by Crippen LogP contribution is 2.29. The van der Waals surface area contributed by atoms with E-state index in [0.717, 1.165) is 24.2 Å². The van der Waals surface area contributed by atoms with E-state index in [0.29, 0.717) is 18.5 Å². The lowest BCUT2D eigenvalue weighted by atomic mass is 10.1. The van der Waals surface area contributed by atoms with Crippen LogP contribution in [0.2, 0.25) is 0 Å². The molecule has 1 aliphatic rings. The van der Waals surface area contributed by atoms with Crippen LogP contribution < -0.4 is 4.90 Å². The first-order chi connectivity index (χ1) is 8.99. The molecule has 0 fully saturated rings. The van der Waals surface area contributed by atoms with Crippen molar-refractivity contribution in [2.75, 3.05) is 32.1 Å². The SMILES string of the molecule is CN(C)C(=O)CCN1CCc2ccc(C(=O)O)cc21. The number of nitrogens with zero attached hydrogens (tertiary/aromatic N) is 2. The summed E-state index contributed by atoms with van der Waals surface area (Å²) < 4.78 is 0. The Morgan fingerprint density at radius 1 is 1.37 bits per heavy atom. The van der Waals surface area contributed by atoms with Crippen LogP contribution in [0.15, 0.2) is 18.2 Å². The molecule has 1 aliphatic heterocycles. The van der Waals surface area contributed by atoms with Crippen molar-refractivity contribution < 1.29 is 14.7 Å². The summed E-state index contributed by atoms with van der Waals surface area (Å²) in [5.41, 5.74) is 2.40. The molecule has 1 aromatic rings. The van der Waals surface area contributed by atoms with Gasteiger partial charge in [0.05, 0.1) is 5.56 Å². The average Bonchev–Trinajstić information content (AvgIpc) is 2.77. The first-order valence-electron chi connectivity index (χ1n) is 6.30. The van der Waals surface area contributed by atoms with Crippen LogP contribution in [-0.4, -0.2) is 49.1 Å². The lowest BCUT2D eigenvalue weighted by molar-refractivity contribution is -0.128. The zero-order chi connectivity index (χ0) is 14.0. The number of carbonyl (C=O) groups excluding carboxylic acids is 1. The molecule has 1 amide bonds. The fourth-order valence-corrected chi connectivity index (χ4v) is 2.26. The lowest BCUT2D eigenvalue weighted by Gasteiger charge is -2.20. The molecule has 0 bridgehead atoms. The van der Waals surface area contributed by atoms with Gasteiger partial charge in [-0.3, -0.25) is 4.79 Å². The van der Waals surface area contributed by atoms with E-state index in [1.807, 2.05) is 6.07 Å². The Morgan fingerprint density at radius 2 is 2.11 bits per heavy atom. The topological polar surface area (TPSA) is 60.9 Å². The Labute approximate surface area is 112 Å². The van der Waals surface area contributed by atoms with Gasteiger partial charge in [0, 0.05) is 39.3 Å². The Balaban J connectivity index is 2.10. The normalized spacial score (nSPS) is 13.3. The van der Waals surface area contributed by atoms with Crippen molar-refractivity contribution in [1.82, 2.24) is 4.90 Å². The monoisotopic (exact) mass is 262 g/mol. The van der Waals surface area contributed by atoms with Crippen molar-refractivity contribution in [3.05, 3.63) is 29.3 Å². The molecule has 5 nitrogen and oxygen atoms in total. The largest absolute Gasteiger partial charge is 0.478 e. The molecular weight excluding hydrogens is 244 g/mol. The van der Waals surface area contributed by atoms with Gasteiger partial charge in [0.15, 0.2) is 0 Å². The maximum Gasteiger partial charge on any atom is 0.335 e. The lowest BCUT2D eigenvalue weighted by Crippen LogP contribution is -2.29. The van der Waals surface area contributed by atoms with Gasteiger partial charge in [0.1, 0.15) is 0 Å². The fraction of sp³-hybridized carbons (Fsp3) is 0.429. The molecule has 1 N–H and O–H groups in total. The fourth-order valence-electron chi connectivity index (χ4n) is 2.26. The number of amides is 1. The number of benzene rings is 1. The summed E-state index contributed by atoms with van der Waals surface area (Å²) >= 11 is 0. The number of aromatic carboxylic acids is 1. The van der Waals surface area contributed by atoms with Gasteiger partial charge in [-0.1, -0.05) is 6.07 Å². The van der Waals surface area contributed by atoms with Gasteiger partial charge in [-0.2, -0.15) is 0 Å². The van der Waals surface area contributed by atoms with Gasteiger partial charge >= 0.3 is 5.97 Å². The standard InChI is InChI=1S/C14H18N2O3/c1-15(2)13(17)6-8-16-7-5-10-3-4-11(14(18)19)9-12(10)16/h3-4,9H,5-8H2,1-2H3,(H,18,19). The molecule has 19 heavy (non-hydrogen) atoms. The third kappa shape index (κ3) is 2.86. The van der Waals surface area contributed by atoms with Crippen LogP contribution in [0.1, 0.15) is 22.3 Å². The number of hydrogen-bond acceptors (Lipinski definition) is 3. The summed E-state index contributed by atoms with van der Waals surface area (Å²) in [5.74, 6) is -0.832. The molecule has 1 aromatic carbocycles. The highest BCUT2D eigenvalue weighted by atomic mass is 16.4. The number of carboxylic acid groups (broad SMARTS) is 1. The summed E-state index contributed by atoms with van der Waals surface area (Å²) in [6.45, 7) is 1.48. The van der Waals surface area contributed by atoms with Gasteiger partial charge in [-0.25, -0.2) is 4.79 Å². The van der Waals surface area contributed by atoms with Crippen LogP contribution in [0.5, 0.6) is 0 Å². The first-order valence-corrected chi connectivity index (χ1v) is 6.30. The van der Waals surface area contributed by atoms with Crippen LogP contribution in [-0.2, 0) is 11.2 Å². The van der Waals surface area contributed by atoms with Crippen molar-refractivity contribution in [2.45, 2.75) is 12.8 Å². The average molecular weight is 262 g/mol. The van der Waals surface area contributed by atoms with Gasteiger partial charge in [-0.05, 0) is 24.1 Å². The first kappa shape index (κ1) is 13.4. The molecule has 0 radical (unpaired) electrons. The van der Waals surface area contributed by atoms with Crippen LogP contribution in [0.4, 0.5) is 5.69 Å². The summed E-state index contributed by atoms with van der Waals surface area (Å²) in [7, 11) is 3.48. The second-order valence-electron chi connectivity index (χ2n) is 4.92. The van der Waals surface area contributed by atoms with E-state index in [4.69, 9.17) is 5.11 Å². The molecule has 1 heterocycles. The number of carbonyl (C=O) groups is 2. The van der Waals surface area contributed by atoms with Gasteiger partial charge < -0.3 is 14.9 Å². The zero-order valence-corrected chi connectivity index (χ0v) is 11.2. The van der Waals surface area contributed by atoms with E-state index in [9.17, 15) is 9.59 Å². The van der Waals surface area contributed by atoms with E-state index in [-0.39, 0.29) is 5.91 Å². The number of anilines is 1. The van der Waals surface area contributed by atoms with Crippen molar-refractivity contribution in [3.8, 4) is 0 Å². The molecule has 0 aromatic heterocycles. The van der Waals surface area contributed by atoms with E-state index in [1.165, 1.54) is 0 Å². The van der Waals surface area contributed by atoms with Crippen molar-refractivity contribution in [2.24, 2.45) is 0 Å². The van der Waals surface area contributed by atoms with Crippen LogP contribution in [0.3, 0.4) is 0 Å². The number of rotatable bonds is 4. The maximum atomic E-state index is 11.6. The summed E-state index contributed by atoms with van der Waals surface area (Å²) in [6.07, 6.45) is 1.36. The van der Waals surface area contributed by atoms with Gasteiger partial charge in [0.25, 0.3) is 0 Å². The second-order valence-corrected chi connectivity index (χ2v) is 4.92. The predicted molar refractivity (Wildman–Crippen MR) is 72.6 cm³/mol. The van der Waals surface area contributed by atoms with E-state index in [1.54, 1.807) is 31.1 Å². The number of carboxylic acids is 1. The Hall–Kier alpha value is -2.04. The smallest absolute Gasteiger partial charge is 0.335 e. The van der Waals surface area contributed by atoms with E-state index in [2.05, 4.69) is 4.90 Å². The Morgan fingerprint density at radius 3 is 2.74 bits per heavy atom. The molecule has 0 spiro atoms. The maximum absolute atomic E-state index is 11.6. The molecule has 0 unspecified atom stereocenters. The molecule has 5 heteroatoms. The third-order valence-electron chi connectivity index (χ3n) is 3.42. The highest BCUT2D eigenvalue weighted by molar-refractivity contribution is 5.89. The quantitative estimate of drug-likeness (QED) is 0.886. The number of hydrogen-bond donors (Lipinski definition) is 1. The second kappa shape index (κ2) is 5.30. The molecule has 0 atom stereocenters. The molecule has 0 saturated heterocycles. The van der Waals surface area contributed by atoms with Gasteiger partial charge in [0.2, 0.25) is 5.91 Å². The summed E-state index contributed by atoms with van der Waals surface area (Å²) in [5, 5.41) is 9.01. The van der Waals surface area contributed by atoms with E-state index < -0.39 is 5.97 Å². The van der Waals surface area contributed by atoms with Crippen LogP contribution >= 0.6 is 0 Å². The molecule has 2 rings (SSSR count). The Kier molecular flexibility index (Phi) is 3.74. The minimum Gasteiger partial charge on any atom is -0.478 e. The third-order valence-corrected chi connectivity index (χ3v) is 3.42. The van der Waals surface area contributed by atoms with E-state index >= 15 is 0 Å². The molecular formula is C14H18N2O3. The van der Waals surface area contributed by atoms with Crippen molar-refractivity contribution in [1.29, 1.82) is 0 Å². The summed E-state index contributed by atoms with van der Waals surface area (Å²) in [4.78, 5) is 26.2. The van der Waals surface area contributed by atoms with Crippen molar-refractivity contribution >= 4 is 17.6 Å². The summed E-state index contributed by atoms with van der Waals surface area (Å²) in [6, 6.07) is 5.20. The zero-order valence-electron chi connectivity index (χ0n) is 11.2. The van der Waals surface area contributed by atoms with Crippen LogP contribution in [0.25, 0.3) is 0 Å². The van der Waals surface area contributed by atoms with Crippen LogP contribution in [0, 0.1) is 0 Å². The van der Waals surface area contributed by atoms with Crippen molar-refractivity contribution in [3.63, 3.8) is 0 Å².